The van der Waals surface area contributed by atoms with Gasteiger partial charge in [0, 0.05) is 19.2 Å². The van der Waals surface area contributed by atoms with Gasteiger partial charge < -0.3 is 33.6 Å². The van der Waals surface area contributed by atoms with Crippen molar-refractivity contribution in [2.24, 2.45) is 0 Å². The Hall–Kier alpha value is -3.24. The fourth-order valence-electron chi connectivity index (χ4n) is 3.58. The third-order valence-electron chi connectivity index (χ3n) is 5.30. The molecule has 2 N–H and O–H groups in total. The van der Waals surface area contributed by atoms with E-state index < -0.39 is 23.1 Å². The molecule has 1 aliphatic rings. The van der Waals surface area contributed by atoms with Gasteiger partial charge in [-0.15, -0.1) is 0 Å². The number of rotatable bonds is 8. The maximum atomic E-state index is 12.5. The van der Waals surface area contributed by atoms with Crippen molar-refractivity contribution >= 4 is 5.97 Å². The summed E-state index contributed by atoms with van der Waals surface area (Å²) < 4.78 is 26.5. The Kier molecular flexibility index (Phi) is 7.60. The summed E-state index contributed by atoms with van der Waals surface area (Å²) in [6.45, 7) is 2.86. The second-order valence-corrected chi connectivity index (χ2v) is 7.29. The van der Waals surface area contributed by atoms with Gasteiger partial charge in [-0.25, -0.2) is 0 Å². The Balaban J connectivity index is 2.09. The molecule has 1 aliphatic heterocycles. The predicted molar refractivity (Wildman–Crippen MR) is 112 cm³/mol. The van der Waals surface area contributed by atoms with Gasteiger partial charge in [-0.3, -0.25) is 14.5 Å². The van der Waals surface area contributed by atoms with Gasteiger partial charge in [0.05, 0.1) is 53.4 Å². The third-order valence-corrected chi connectivity index (χ3v) is 5.30. The van der Waals surface area contributed by atoms with E-state index in [1.807, 2.05) is 0 Å². The van der Waals surface area contributed by atoms with Crippen molar-refractivity contribution in [3.63, 3.8) is 0 Å². The van der Waals surface area contributed by atoms with Crippen molar-refractivity contribution in [1.82, 2.24) is 4.90 Å². The van der Waals surface area contributed by atoms with Crippen LogP contribution >= 0.6 is 0 Å². The molecule has 174 valence electrons. The van der Waals surface area contributed by atoms with E-state index in [2.05, 4.69) is 4.90 Å². The SMILES string of the molecule is COC(=O)C[C@H](c1cc(OC)c(O)c(OC)c1)c1oc(CN2CCOCC2)cc(=O)c1O. The van der Waals surface area contributed by atoms with E-state index in [1.54, 1.807) is 0 Å². The highest BCUT2D eigenvalue weighted by Gasteiger charge is 2.29. The summed E-state index contributed by atoms with van der Waals surface area (Å²) in [6, 6.07) is 4.21. The van der Waals surface area contributed by atoms with Crippen LogP contribution in [0.3, 0.4) is 0 Å². The van der Waals surface area contributed by atoms with Crippen LogP contribution < -0.4 is 14.9 Å². The summed E-state index contributed by atoms with van der Waals surface area (Å²) in [4.78, 5) is 26.8. The number of carbonyl (C=O) groups is 1. The molecule has 2 aromatic rings. The maximum Gasteiger partial charge on any atom is 0.306 e. The lowest BCUT2D eigenvalue weighted by molar-refractivity contribution is -0.140. The van der Waals surface area contributed by atoms with Crippen LogP contribution in [0.15, 0.2) is 27.4 Å². The Morgan fingerprint density at radius 2 is 1.69 bits per heavy atom. The van der Waals surface area contributed by atoms with Gasteiger partial charge in [-0.05, 0) is 17.7 Å². The largest absolute Gasteiger partial charge is 0.502 e. The summed E-state index contributed by atoms with van der Waals surface area (Å²) >= 11 is 0. The highest BCUT2D eigenvalue weighted by molar-refractivity contribution is 5.71. The molecule has 1 aromatic carbocycles. The van der Waals surface area contributed by atoms with Crippen molar-refractivity contribution in [2.45, 2.75) is 18.9 Å². The highest BCUT2D eigenvalue weighted by atomic mass is 16.5. The number of ether oxygens (including phenoxy) is 4. The van der Waals surface area contributed by atoms with E-state index in [0.29, 0.717) is 44.2 Å². The average Bonchev–Trinajstić information content (AvgIpc) is 2.80. The van der Waals surface area contributed by atoms with Crippen LogP contribution in [-0.2, 0) is 20.8 Å². The minimum atomic E-state index is -0.900. The third kappa shape index (κ3) is 5.14. The number of phenolic OH excluding ortho intramolecular Hbond substituents is 1. The molecule has 0 spiro atoms. The molecule has 1 atom stereocenters. The number of carbonyl (C=O) groups excluding carboxylic acids is 1. The summed E-state index contributed by atoms with van der Waals surface area (Å²) in [6.07, 6.45) is -0.231. The quantitative estimate of drug-likeness (QED) is 0.574. The van der Waals surface area contributed by atoms with Crippen LogP contribution in [0.25, 0.3) is 0 Å². The number of aromatic hydroxyl groups is 2. The molecule has 1 fully saturated rings. The normalized spacial score (nSPS) is 15.2. The molecule has 0 unspecified atom stereocenters. The Morgan fingerprint density at radius 1 is 1.06 bits per heavy atom. The molecular formula is C22H27NO9. The second-order valence-electron chi connectivity index (χ2n) is 7.29. The first-order valence-corrected chi connectivity index (χ1v) is 10.1. The summed E-state index contributed by atoms with van der Waals surface area (Å²) in [5.74, 6) is -1.85. The Morgan fingerprint density at radius 3 is 2.25 bits per heavy atom. The van der Waals surface area contributed by atoms with Crippen molar-refractivity contribution in [3.05, 3.63) is 45.5 Å². The van der Waals surface area contributed by atoms with Crippen LogP contribution in [0.4, 0.5) is 0 Å². The van der Waals surface area contributed by atoms with Crippen LogP contribution in [0.5, 0.6) is 23.0 Å². The van der Waals surface area contributed by atoms with Crippen LogP contribution in [0.2, 0.25) is 0 Å². The molecule has 1 saturated heterocycles. The van der Waals surface area contributed by atoms with E-state index >= 15 is 0 Å². The van der Waals surface area contributed by atoms with Gasteiger partial charge >= 0.3 is 5.97 Å². The van der Waals surface area contributed by atoms with Gasteiger partial charge in [0.2, 0.25) is 16.9 Å². The maximum absolute atomic E-state index is 12.5. The molecule has 0 bridgehead atoms. The number of benzene rings is 1. The molecule has 0 saturated carbocycles. The van der Waals surface area contributed by atoms with Gasteiger partial charge in [0.15, 0.2) is 17.3 Å². The van der Waals surface area contributed by atoms with E-state index in [1.165, 1.54) is 39.5 Å². The van der Waals surface area contributed by atoms with Crippen molar-refractivity contribution in [2.75, 3.05) is 47.6 Å². The zero-order valence-electron chi connectivity index (χ0n) is 18.3. The van der Waals surface area contributed by atoms with Crippen molar-refractivity contribution in [1.29, 1.82) is 0 Å². The number of esters is 1. The first kappa shape index (κ1) is 23.4. The number of methoxy groups -OCH3 is 3. The van der Waals surface area contributed by atoms with Gasteiger partial charge in [-0.1, -0.05) is 0 Å². The highest BCUT2D eigenvalue weighted by Crippen LogP contribution is 2.42. The number of morpholine rings is 1. The van der Waals surface area contributed by atoms with Gasteiger partial charge in [0.1, 0.15) is 5.76 Å². The molecule has 1 aromatic heterocycles. The smallest absolute Gasteiger partial charge is 0.306 e. The molecule has 32 heavy (non-hydrogen) atoms. The minimum Gasteiger partial charge on any atom is -0.502 e. The molecule has 0 amide bonds. The fraction of sp³-hybridized carbons (Fsp3) is 0.455. The lowest BCUT2D eigenvalue weighted by Crippen LogP contribution is -2.35. The Labute approximate surface area is 184 Å². The number of phenols is 1. The van der Waals surface area contributed by atoms with E-state index in [4.69, 9.17) is 23.4 Å². The topological polar surface area (TPSA) is 128 Å². The molecular weight excluding hydrogens is 422 g/mol. The molecule has 2 heterocycles. The van der Waals surface area contributed by atoms with Crippen LogP contribution in [0, 0.1) is 0 Å². The van der Waals surface area contributed by atoms with Crippen LogP contribution in [-0.4, -0.2) is 68.7 Å². The molecule has 10 nitrogen and oxygen atoms in total. The standard InChI is InChI=1S/C22H27NO9/c1-28-17-8-13(9-18(29-2)21(17)27)15(11-19(25)30-3)22-20(26)16(24)10-14(32-22)12-23-4-6-31-7-5-23/h8-10,15,26-27H,4-7,11-12H2,1-3H3/t15-/m1/s1. The molecule has 0 radical (unpaired) electrons. The zero-order valence-corrected chi connectivity index (χ0v) is 18.3. The molecule has 3 rings (SSSR count). The summed E-state index contributed by atoms with van der Waals surface area (Å²) in [7, 11) is 3.98. The van der Waals surface area contributed by atoms with Gasteiger partial charge in [-0.2, -0.15) is 0 Å². The molecule has 0 aliphatic carbocycles. The first-order chi connectivity index (χ1) is 15.4. The van der Waals surface area contributed by atoms with Crippen LogP contribution in [0.1, 0.15) is 29.4 Å². The monoisotopic (exact) mass is 449 g/mol. The summed E-state index contributed by atoms with van der Waals surface area (Å²) in [5.41, 5.74) is -0.203. The predicted octanol–water partition coefficient (Wildman–Crippen LogP) is 1.60. The second kappa shape index (κ2) is 10.4. The van der Waals surface area contributed by atoms with Crippen molar-refractivity contribution in [3.8, 4) is 23.0 Å². The fourth-order valence-corrected chi connectivity index (χ4v) is 3.58. The van der Waals surface area contributed by atoms with E-state index in [-0.39, 0.29) is 29.4 Å². The lowest BCUT2D eigenvalue weighted by atomic mass is 9.91. The Bertz CT molecular complexity index is 986. The average molecular weight is 449 g/mol. The molecule has 10 heteroatoms. The number of hydrogen-bond donors (Lipinski definition) is 2. The summed E-state index contributed by atoms with van der Waals surface area (Å²) in [5, 5.41) is 20.8. The van der Waals surface area contributed by atoms with E-state index in [9.17, 15) is 19.8 Å². The van der Waals surface area contributed by atoms with E-state index in [0.717, 1.165) is 0 Å². The number of nitrogens with zero attached hydrogens (tertiary/aromatic N) is 1. The first-order valence-electron chi connectivity index (χ1n) is 10.1. The lowest BCUT2D eigenvalue weighted by Gasteiger charge is -2.26. The van der Waals surface area contributed by atoms with Crippen molar-refractivity contribution < 1.29 is 38.4 Å². The minimum absolute atomic E-state index is 0.0824. The van der Waals surface area contributed by atoms with Gasteiger partial charge in [0.25, 0.3) is 0 Å². The zero-order chi connectivity index (χ0) is 23.3. The number of hydrogen-bond acceptors (Lipinski definition) is 10.